The van der Waals surface area contributed by atoms with Crippen molar-refractivity contribution in [3.63, 3.8) is 0 Å². The molecular weight excluding hydrogens is 470 g/mol. The highest BCUT2D eigenvalue weighted by Gasteiger charge is 2.29. The number of rotatable bonds is 6. The number of carbonyl (C=O) groups is 2. The van der Waals surface area contributed by atoms with Crippen LogP contribution in [-0.2, 0) is 22.4 Å². The van der Waals surface area contributed by atoms with E-state index in [1.807, 2.05) is 34.6 Å². The third kappa shape index (κ3) is 7.14. The number of nitrogens with zero attached hydrogens (tertiary/aromatic N) is 4. The van der Waals surface area contributed by atoms with Gasteiger partial charge in [-0.1, -0.05) is 0 Å². The Hall–Kier alpha value is -3.21. The van der Waals surface area contributed by atoms with Gasteiger partial charge in [-0.15, -0.1) is 21.5 Å². The molecule has 35 heavy (non-hydrogen) atoms. The van der Waals surface area contributed by atoms with Crippen LogP contribution in [-0.4, -0.2) is 44.8 Å². The van der Waals surface area contributed by atoms with Crippen molar-refractivity contribution < 1.29 is 23.5 Å². The average molecular weight is 504 g/mol. The van der Waals surface area contributed by atoms with Crippen molar-refractivity contribution in [1.29, 1.82) is 0 Å². The maximum Gasteiger partial charge on any atom is 0.416 e. The number of carbonyl (C=O) groups excluding carboxylic acids is 2. The summed E-state index contributed by atoms with van der Waals surface area (Å²) in [5, 5.41) is 15.2. The Balaban J connectivity index is 1.92. The van der Waals surface area contributed by atoms with Crippen molar-refractivity contribution in [2.24, 2.45) is 0 Å². The molecule has 0 aromatic carbocycles. The largest absolute Gasteiger partial charge is 0.467 e. The number of aryl methyl sites for hydroxylation is 1. The minimum Gasteiger partial charge on any atom is -0.467 e. The number of amides is 2. The zero-order valence-electron chi connectivity index (χ0n) is 21.5. The minimum absolute atomic E-state index is 0.124. The number of fused-ring (bicyclic) bond motifs is 1. The smallest absolute Gasteiger partial charge is 0.416 e. The lowest BCUT2D eigenvalue weighted by Crippen LogP contribution is -2.38. The second-order valence-electron chi connectivity index (χ2n) is 10.3. The number of hydrogen-bond donors (Lipinski definition) is 1. The predicted octanol–water partition coefficient (Wildman–Crippen LogP) is 5.39. The normalized spacial score (nSPS) is 12.9. The van der Waals surface area contributed by atoms with Crippen LogP contribution in [0.4, 0.5) is 15.4 Å². The SMILES string of the molecule is Cc1c(C[C@H](C)NC(=O)OC(C)(C)C)sc2c(N(Cc3ccco3)C(=O)OC(C)(C)C)nnnc12. The van der Waals surface area contributed by atoms with Crippen molar-refractivity contribution in [3.8, 4) is 0 Å². The van der Waals surface area contributed by atoms with Gasteiger partial charge in [-0.3, -0.25) is 4.90 Å². The number of anilines is 1. The number of ether oxygens (including phenoxy) is 2. The molecule has 0 unspecified atom stereocenters. The van der Waals surface area contributed by atoms with Crippen molar-refractivity contribution >= 4 is 39.6 Å². The summed E-state index contributed by atoms with van der Waals surface area (Å²) in [5.41, 5.74) is 0.290. The molecule has 3 aromatic rings. The van der Waals surface area contributed by atoms with Gasteiger partial charge in [0.05, 0.1) is 12.8 Å². The van der Waals surface area contributed by atoms with Crippen LogP contribution in [0.3, 0.4) is 0 Å². The van der Waals surface area contributed by atoms with Crippen LogP contribution < -0.4 is 10.2 Å². The highest BCUT2D eigenvalue weighted by atomic mass is 32.1. The topological polar surface area (TPSA) is 120 Å². The average Bonchev–Trinajstić information content (AvgIpc) is 3.31. The van der Waals surface area contributed by atoms with Crippen LogP contribution in [0.15, 0.2) is 22.8 Å². The number of aromatic nitrogens is 3. The fourth-order valence-corrected chi connectivity index (χ4v) is 4.65. The van der Waals surface area contributed by atoms with Gasteiger partial charge in [-0.2, -0.15) is 0 Å². The Labute approximate surface area is 209 Å². The molecule has 3 rings (SSSR count). The Morgan fingerprint density at radius 1 is 1.14 bits per heavy atom. The number of nitrogens with one attached hydrogen (secondary N) is 1. The molecule has 0 aliphatic heterocycles. The lowest BCUT2D eigenvalue weighted by molar-refractivity contribution is 0.0506. The third-order valence-corrected chi connectivity index (χ3v) is 6.02. The molecule has 0 bridgehead atoms. The van der Waals surface area contributed by atoms with Gasteiger partial charge in [0, 0.05) is 17.3 Å². The van der Waals surface area contributed by atoms with Gasteiger partial charge in [0.15, 0.2) is 5.82 Å². The van der Waals surface area contributed by atoms with E-state index in [0.717, 1.165) is 10.4 Å². The first-order chi connectivity index (χ1) is 16.2. The molecule has 0 saturated heterocycles. The van der Waals surface area contributed by atoms with Gasteiger partial charge in [0.2, 0.25) is 0 Å². The molecule has 0 fully saturated rings. The first kappa shape index (κ1) is 26.4. The van der Waals surface area contributed by atoms with Gasteiger partial charge >= 0.3 is 12.2 Å². The van der Waals surface area contributed by atoms with Gasteiger partial charge in [0.25, 0.3) is 0 Å². The quantitative estimate of drug-likeness (QED) is 0.476. The third-order valence-electron chi connectivity index (χ3n) is 4.72. The van der Waals surface area contributed by atoms with E-state index in [9.17, 15) is 9.59 Å². The molecule has 2 amide bonds. The fourth-order valence-electron chi connectivity index (χ4n) is 3.29. The Morgan fingerprint density at radius 2 is 1.83 bits per heavy atom. The van der Waals surface area contributed by atoms with Gasteiger partial charge in [-0.05, 0) is 78.3 Å². The fraction of sp³-hybridized carbons (Fsp3) is 0.542. The second-order valence-corrected chi connectivity index (χ2v) is 11.4. The summed E-state index contributed by atoms with van der Waals surface area (Å²) in [5.74, 6) is 0.916. The molecule has 0 saturated carbocycles. The van der Waals surface area contributed by atoms with Gasteiger partial charge < -0.3 is 19.2 Å². The van der Waals surface area contributed by atoms with E-state index in [2.05, 4.69) is 20.7 Å². The molecule has 0 aliphatic rings. The maximum absolute atomic E-state index is 13.2. The van der Waals surface area contributed by atoms with E-state index in [1.54, 1.807) is 39.2 Å². The monoisotopic (exact) mass is 503 g/mol. The van der Waals surface area contributed by atoms with E-state index < -0.39 is 23.4 Å². The lowest BCUT2D eigenvalue weighted by Gasteiger charge is -2.26. The molecule has 0 aliphatic carbocycles. The number of hydrogen-bond acceptors (Lipinski definition) is 9. The summed E-state index contributed by atoms with van der Waals surface area (Å²) in [4.78, 5) is 27.7. The summed E-state index contributed by atoms with van der Waals surface area (Å²) in [6.07, 6.45) is 1.06. The highest BCUT2D eigenvalue weighted by molar-refractivity contribution is 7.19. The molecule has 3 aromatic heterocycles. The summed E-state index contributed by atoms with van der Waals surface area (Å²) in [6.45, 7) is 14.8. The zero-order chi connectivity index (χ0) is 26.0. The van der Waals surface area contributed by atoms with Crippen LogP contribution in [0, 0.1) is 6.92 Å². The van der Waals surface area contributed by atoms with Crippen LogP contribution in [0.2, 0.25) is 0 Å². The maximum atomic E-state index is 13.2. The van der Waals surface area contributed by atoms with Crippen molar-refractivity contribution in [1.82, 2.24) is 20.7 Å². The number of furan rings is 1. The van der Waals surface area contributed by atoms with Crippen LogP contribution in [0.5, 0.6) is 0 Å². The van der Waals surface area contributed by atoms with E-state index in [4.69, 9.17) is 13.9 Å². The van der Waals surface area contributed by atoms with Crippen molar-refractivity contribution in [3.05, 3.63) is 34.6 Å². The van der Waals surface area contributed by atoms with Gasteiger partial charge in [-0.25, -0.2) is 9.59 Å². The Morgan fingerprint density at radius 3 is 2.43 bits per heavy atom. The first-order valence-electron chi connectivity index (χ1n) is 11.4. The van der Waals surface area contributed by atoms with Crippen molar-refractivity contribution in [2.45, 2.75) is 85.6 Å². The summed E-state index contributed by atoms with van der Waals surface area (Å²) < 4.78 is 17.2. The second kappa shape index (κ2) is 10.2. The number of thiophene rings is 1. The van der Waals surface area contributed by atoms with Gasteiger partial charge in [0.1, 0.15) is 27.2 Å². The summed E-state index contributed by atoms with van der Waals surface area (Å²) in [6, 6.07) is 3.34. The minimum atomic E-state index is -0.697. The van der Waals surface area contributed by atoms with Crippen LogP contribution in [0.1, 0.15) is 64.7 Å². The van der Waals surface area contributed by atoms with Crippen LogP contribution >= 0.6 is 11.3 Å². The van der Waals surface area contributed by atoms with Crippen LogP contribution in [0.25, 0.3) is 10.2 Å². The molecule has 3 heterocycles. The standard InChI is InChI=1S/C24H33N5O5S/c1-14(25-21(30)33-23(3,4)5)12-17-15(2)18-19(35-17)20(27-28-26-18)29(13-16-10-9-11-32-16)22(31)34-24(6,7)8/h9-11,14H,12-13H2,1-8H3,(H,25,30)/t14-/m0/s1. The molecular formula is C24H33N5O5S. The molecule has 10 nitrogen and oxygen atoms in total. The van der Waals surface area contributed by atoms with Crippen molar-refractivity contribution in [2.75, 3.05) is 4.90 Å². The van der Waals surface area contributed by atoms with E-state index in [1.165, 1.54) is 16.2 Å². The Bertz CT molecular complexity index is 1180. The molecule has 1 atom stereocenters. The zero-order valence-corrected chi connectivity index (χ0v) is 22.3. The number of alkyl carbamates (subject to hydrolysis) is 1. The molecule has 190 valence electrons. The molecule has 1 N–H and O–H groups in total. The lowest BCUT2D eigenvalue weighted by atomic mass is 10.1. The summed E-state index contributed by atoms with van der Waals surface area (Å²) in [7, 11) is 0. The van der Waals surface area contributed by atoms with E-state index in [-0.39, 0.29) is 12.6 Å². The van der Waals surface area contributed by atoms with E-state index >= 15 is 0 Å². The summed E-state index contributed by atoms with van der Waals surface area (Å²) >= 11 is 1.46. The predicted molar refractivity (Wildman–Crippen MR) is 134 cm³/mol. The molecule has 0 radical (unpaired) electrons. The molecule has 0 spiro atoms. The Kier molecular flexibility index (Phi) is 7.68. The van der Waals surface area contributed by atoms with E-state index in [0.29, 0.717) is 28.2 Å². The first-order valence-corrected chi connectivity index (χ1v) is 12.2. The highest BCUT2D eigenvalue weighted by Crippen LogP contribution is 2.36. The molecule has 11 heteroatoms.